The van der Waals surface area contributed by atoms with Crippen molar-refractivity contribution in [2.75, 3.05) is 4.90 Å². The SMILES string of the molecule is CC1CCC(C(=O)N(c2ccc(Oc3ccccn3)cc2)c2cc(C#CC(C)(C)C)sc2C(=O)O)CC1. The highest BCUT2D eigenvalue weighted by molar-refractivity contribution is 7.15. The number of aromatic nitrogens is 1. The van der Waals surface area contributed by atoms with Crippen molar-refractivity contribution in [3.05, 3.63) is 64.5 Å². The average Bonchev–Trinajstić information content (AvgIpc) is 3.29. The zero-order chi connectivity index (χ0) is 26.6. The molecule has 1 saturated carbocycles. The summed E-state index contributed by atoms with van der Waals surface area (Å²) in [4.78, 5) is 32.7. The van der Waals surface area contributed by atoms with E-state index in [1.54, 1.807) is 47.5 Å². The normalized spacial score (nSPS) is 17.4. The number of anilines is 2. The van der Waals surface area contributed by atoms with Gasteiger partial charge in [0.05, 0.1) is 10.6 Å². The monoisotopic (exact) mass is 516 g/mol. The number of hydrogen-bond donors (Lipinski definition) is 1. The fourth-order valence-corrected chi connectivity index (χ4v) is 5.11. The van der Waals surface area contributed by atoms with E-state index in [1.165, 1.54) is 0 Å². The number of hydrogen-bond acceptors (Lipinski definition) is 5. The largest absolute Gasteiger partial charge is 0.477 e. The number of carbonyl (C=O) groups is 2. The second-order valence-electron chi connectivity index (χ2n) is 10.5. The van der Waals surface area contributed by atoms with Crippen LogP contribution < -0.4 is 9.64 Å². The number of carboxylic acids is 1. The van der Waals surface area contributed by atoms with E-state index in [9.17, 15) is 14.7 Å². The van der Waals surface area contributed by atoms with Crippen LogP contribution >= 0.6 is 11.3 Å². The summed E-state index contributed by atoms with van der Waals surface area (Å²) >= 11 is 1.10. The molecule has 192 valence electrons. The second-order valence-corrected chi connectivity index (χ2v) is 11.6. The predicted octanol–water partition coefficient (Wildman–Crippen LogP) is 7.52. The standard InChI is InChI=1S/C30H32N2O4S/c1-20-8-10-21(11-9-20)28(33)32(22-12-14-23(15-13-22)36-26-7-5-6-18-31-26)25-19-24(16-17-30(2,3)4)37-27(25)29(34)35/h5-7,12-15,18-21H,8-11H2,1-4H3,(H,34,35). The van der Waals surface area contributed by atoms with Crippen LogP contribution in [0.15, 0.2) is 54.7 Å². The lowest BCUT2D eigenvalue weighted by Crippen LogP contribution is -2.35. The third-order valence-corrected chi connectivity index (χ3v) is 7.28. The van der Waals surface area contributed by atoms with Crippen molar-refractivity contribution in [2.24, 2.45) is 17.3 Å². The molecule has 4 rings (SSSR count). The van der Waals surface area contributed by atoms with E-state index in [0.29, 0.717) is 33.8 Å². The molecule has 0 radical (unpaired) electrons. The van der Waals surface area contributed by atoms with Gasteiger partial charge in [-0.05, 0) is 88.8 Å². The van der Waals surface area contributed by atoms with Crippen LogP contribution in [-0.4, -0.2) is 22.0 Å². The molecule has 37 heavy (non-hydrogen) atoms. The van der Waals surface area contributed by atoms with Crippen LogP contribution in [0.2, 0.25) is 0 Å². The van der Waals surface area contributed by atoms with Crippen LogP contribution in [0.25, 0.3) is 0 Å². The Balaban J connectivity index is 1.73. The van der Waals surface area contributed by atoms with Crippen molar-refractivity contribution < 1.29 is 19.4 Å². The topological polar surface area (TPSA) is 79.7 Å². The number of carbonyl (C=O) groups excluding carboxylic acids is 1. The number of pyridine rings is 1. The Morgan fingerprint density at radius 1 is 1.08 bits per heavy atom. The van der Waals surface area contributed by atoms with Gasteiger partial charge in [-0.1, -0.05) is 24.8 Å². The lowest BCUT2D eigenvalue weighted by atomic mass is 9.82. The van der Waals surface area contributed by atoms with Crippen molar-refractivity contribution in [2.45, 2.75) is 53.4 Å². The Bertz CT molecular complexity index is 1310. The van der Waals surface area contributed by atoms with E-state index in [0.717, 1.165) is 37.0 Å². The molecule has 1 N–H and O–H groups in total. The number of thiophene rings is 1. The van der Waals surface area contributed by atoms with Crippen molar-refractivity contribution in [3.8, 4) is 23.5 Å². The maximum atomic E-state index is 13.9. The third kappa shape index (κ3) is 6.78. The zero-order valence-corrected chi connectivity index (χ0v) is 22.5. The molecule has 1 aliphatic rings. The van der Waals surface area contributed by atoms with Gasteiger partial charge in [0.15, 0.2) is 0 Å². The molecule has 1 fully saturated rings. The van der Waals surface area contributed by atoms with Gasteiger partial charge >= 0.3 is 5.97 Å². The van der Waals surface area contributed by atoms with Gasteiger partial charge in [0.1, 0.15) is 10.6 Å². The van der Waals surface area contributed by atoms with E-state index >= 15 is 0 Å². The molecule has 0 aliphatic heterocycles. The molecule has 0 saturated heterocycles. The lowest BCUT2D eigenvalue weighted by Gasteiger charge is -2.31. The molecule has 2 aromatic heterocycles. The second kappa shape index (κ2) is 11.2. The molecule has 6 nitrogen and oxygen atoms in total. The van der Waals surface area contributed by atoms with Gasteiger partial charge in [-0.25, -0.2) is 9.78 Å². The molecule has 1 aromatic carbocycles. The smallest absolute Gasteiger partial charge is 0.348 e. The number of carboxylic acid groups (broad SMARTS) is 1. The highest BCUT2D eigenvalue weighted by atomic mass is 32.1. The number of rotatable bonds is 6. The first-order valence-corrected chi connectivity index (χ1v) is 13.4. The number of amides is 1. The summed E-state index contributed by atoms with van der Waals surface area (Å²) in [6.07, 6.45) is 5.21. The van der Waals surface area contributed by atoms with Crippen LogP contribution in [-0.2, 0) is 4.79 Å². The number of aromatic carboxylic acids is 1. The molecule has 0 unspecified atom stereocenters. The maximum absolute atomic E-state index is 13.9. The van der Waals surface area contributed by atoms with Crippen molar-refractivity contribution in [1.82, 2.24) is 4.98 Å². The molecular weight excluding hydrogens is 484 g/mol. The first-order valence-electron chi connectivity index (χ1n) is 12.5. The fourth-order valence-electron chi connectivity index (χ4n) is 4.28. The van der Waals surface area contributed by atoms with Crippen LogP contribution in [0.3, 0.4) is 0 Å². The zero-order valence-electron chi connectivity index (χ0n) is 21.7. The van der Waals surface area contributed by atoms with Gasteiger partial charge < -0.3 is 9.84 Å². The van der Waals surface area contributed by atoms with Gasteiger partial charge in [0.25, 0.3) is 0 Å². The first-order chi connectivity index (χ1) is 17.6. The van der Waals surface area contributed by atoms with Gasteiger partial charge in [-0.15, -0.1) is 11.3 Å². The van der Waals surface area contributed by atoms with E-state index in [4.69, 9.17) is 4.74 Å². The summed E-state index contributed by atoms with van der Waals surface area (Å²) in [7, 11) is 0. The molecule has 7 heteroatoms. The molecule has 0 atom stereocenters. The summed E-state index contributed by atoms with van der Waals surface area (Å²) < 4.78 is 5.81. The number of ether oxygens (including phenoxy) is 1. The van der Waals surface area contributed by atoms with Crippen LogP contribution in [0.4, 0.5) is 11.4 Å². The predicted molar refractivity (Wildman–Crippen MR) is 147 cm³/mol. The lowest BCUT2D eigenvalue weighted by molar-refractivity contribution is -0.122. The van der Waals surface area contributed by atoms with Crippen molar-refractivity contribution >= 4 is 34.6 Å². The maximum Gasteiger partial charge on any atom is 0.348 e. The summed E-state index contributed by atoms with van der Waals surface area (Å²) in [5.41, 5.74) is 0.719. The minimum atomic E-state index is -1.08. The molecule has 0 spiro atoms. The van der Waals surface area contributed by atoms with Gasteiger partial charge in [0, 0.05) is 29.3 Å². The van der Waals surface area contributed by atoms with Gasteiger partial charge in [0.2, 0.25) is 11.8 Å². The summed E-state index contributed by atoms with van der Waals surface area (Å²) in [6.45, 7) is 8.21. The minimum absolute atomic E-state index is 0.0825. The number of nitrogens with zero attached hydrogens (tertiary/aromatic N) is 2. The molecule has 2 heterocycles. The Hall–Kier alpha value is -3.63. The summed E-state index contributed by atoms with van der Waals surface area (Å²) in [5.74, 6) is 6.58. The Labute approximate surface area is 222 Å². The molecule has 1 aliphatic carbocycles. The molecule has 0 bridgehead atoms. The Morgan fingerprint density at radius 2 is 1.78 bits per heavy atom. The minimum Gasteiger partial charge on any atom is -0.477 e. The van der Waals surface area contributed by atoms with E-state index in [-0.39, 0.29) is 22.1 Å². The van der Waals surface area contributed by atoms with Crippen molar-refractivity contribution in [1.29, 1.82) is 0 Å². The van der Waals surface area contributed by atoms with E-state index < -0.39 is 5.97 Å². The molecule has 3 aromatic rings. The van der Waals surface area contributed by atoms with Gasteiger partial charge in [-0.2, -0.15) is 0 Å². The summed E-state index contributed by atoms with van der Waals surface area (Å²) in [5, 5.41) is 10.0. The summed E-state index contributed by atoms with van der Waals surface area (Å²) in [6, 6.07) is 14.2. The molecule has 1 amide bonds. The van der Waals surface area contributed by atoms with E-state index in [1.807, 2.05) is 32.9 Å². The first kappa shape index (κ1) is 26.4. The van der Waals surface area contributed by atoms with Gasteiger partial charge in [-0.3, -0.25) is 9.69 Å². The van der Waals surface area contributed by atoms with Crippen LogP contribution in [0.5, 0.6) is 11.6 Å². The quantitative estimate of drug-likeness (QED) is 0.343. The highest BCUT2D eigenvalue weighted by Gasteiger charge is 2.33. The van der Waals surface area contributed by atoms with E-state index in [2.05, 4.69) is 23.7 Å². The van der Waals surface area contributed by atoms with Crippen molar-refractivity contribution in [3.63, 3.8) is 0 Å². The Morgan fingerprint density at radius 3 is 2.38 bits per heavy atom. The highest BCUT2D eigenvalue weighted by Crippen LogP contribution is 2.39. The fraction of sp³-hybridized carbons (Fsp3) is 0.367. The average molecular weight is 517 g/mol. The molecular formula is C30H32N2O4S. The number of benzene rings is 1. The van der Waals surface area contributed by atoms with Crippen LogP contribution in [0, 0.1) is 29.1 Å². The Kier molecular flexibility index (Phi) is 7.99. The van der Waals surface area contributed by atoms with Crippen LogP contribution in [0.1, 0.15) is 67.9 Å². The third-order valence-electron chi connectivity index (χ3n) is 6.25.